The Morgan fingerprint density at radius 2 is 1.79 bits per heavy atom. The van der Waals surface area contributed by atoms with E-state index in [1.54, 1.807) is 32.2 Å². The van der Waals surface area contributed by atoms with Crippen molar-refractivity contribution < 1.29 is 19.0 Å². The minimum atomic E-state index is -0.599. The highest BCUT2D eigenvalue weighted by Gasteiger charge is 2.23. The Balaban J connectivity index is 1.85. The van der Waals surface area contributed by atoms with Gasteiger partial charge in [0.05, 0.1) is 30.3 Å². The van der Waals surface area contributed by atoms with Gasteiger partial charge in [-0.25, -0.2) is 9.48 Å². The summed E-state index contributed by atoms with van der Waals surface area (Å²) >= 11 is 12.0. The van der Waals surface area contributed by atoms with Crippen LogP contribution >= 0.6 is 23.2 Å². The Labute approximate surface area is 178 Å². The molecule has 3 aromatic rings. The normalized spacial score (nSPS) is 10.6. The second-order valence-electron chi connectivity index (χ2n) is 6.01. The molecule has 0 amide bonds. The number of ether oxygens (including phenoxy) is 3. The lowest BCUT2D eigenvalue weighted by Gasteiger charge is -2.11. The molecule has 9 heteroatoms. The van der Waals surface area contributed by atoms with Crippen LogP contribution in [0.3, 0.4) is 0 Å². The number of hydrogen-bond donors (Lipinski definition) is 0. The van der Waals surface area contributed by atoms with E-state index in [1.807, 2.05) is 24.3 Å². The SMILES string of the molecule is CCOC(=O)c1nnn(Cc2ccc(OC)cc2)c1OCc1ccc(Cl)c(Cl)c1. The minimum absolute atomic E-state index is 0.0143. The molecule has 1 heterocycles. The molecular weight excluding hydrogens is 417 g/mol. The minimum Gasteiger partial charge on any atom is -0.497 e. The van der Waals surface area contributed by atoms with Crippen LogP contribution in [0.2, 0.25) is 10.0 Å². The lowest BCUT2D eigenvalue weighted by Crippen LogP contribution is -2.11. The standard InChI is InChI=1S/C20H19Cl2N3O4/c1-3-28-20(26)18-19(29-12-14-6-9-16(21)17(22)10-14)25(24-23-18)11-13-4-7-15(27-2)8-5-13/h4-10H,3,11-12H2,1-2H3. The fraction of sp³-hybridized carbons (Fsp3) is 0.250. The van der Waals surface area contributed by atoms with Crippen LogP contribution in [-0.2, 0) is 17.9 Å². The largest absolute Gasteiger partial charge is 0.497 e. The van der Waals surface area contributed by atoms with Crippen LogP contribution in [0.5, 0.6) is 11.6 Å². The molecule has 0 atom stereocenters. The van der Waals surface area contributed by atoms with Gasteiger partial charge in [-0.2, -0.15) is 0 Å². The molecule has 0 aliphatic carbocycles. The molecule has 0 aliphatic heterocycles. The predicted molar refractivity (Wildman–Crippen MR) is 109 cm³/mol. The zero-order valence-corrected chi connectivity index (χ0v) is 17.4. The van der Waals surface area contributed by atoms with E-state index in [0.29, 0.717) is 16.6 Å². The molecule has 0 bridgehead atoms. The van der Waals surface area contributed by atoms with Gasteiger partial charge in [0.25, 0.3) is 0 Å². The van der Waals surface area contributed by atoms with Crippen molar-refractivity contribution in [1.82, 2.24) is 15.0 Å². The predicted octanol–water partition coefficient (Wildman–Crippen LogP) is 4.40. The summed E-state index contributed by atoms with van der Waals surface area (Å²) in [5, 5.41) is 8.89. The van der Waals surface area contributed by atoms with Gasteiger partial charge in [0.15, 0.2) is 0 Å². The fourth-order valence-electron chi connectivity index (χ4n) is 2.56. The number of methoxy groups -OCH3 is 1. The van der Waals surface area contributed by atoms with Gasteiger partial charge in [-0.1, -0.05) is 46.6 Å². The van der Waals surface area contributed by atoms with E-state index in [0.717, 1.165) is 16.9 Å². The molecular formula is C20H19Cl2N3O4. The van der Waals surface area contributed by atoms with Gasteiger partial charge in [-0.05, 0) is 42.3 Å². The van der Waals surface area contributed by atoms with Crippen LogP contribution in [0.1, 0.15) is 28.5 Å². The van der Waals surface area contributed by atoms with Crippen molar-refractivity contribution in [1.29, 1.82) is 0 Å². The Morgan fingerprint density at radius 1 is 1.07 bits per heavy atom. The van der Waals surface area contributed by atoms with Crippen molar-refractivity contribution >= 4 is 29.2 Å². The summed E-state index contributed by atoms with van der Waals surface area (Å²) < 4.78 is 17.6. The van der Waals surface area contributed by atoms with Gasteiger partial charge in [0.2, 0.25) is 11.6 Å². The number of carbonyl (C=O) groups is 1. The summed E-state index contributed by atoms with van der Waals surface area (Å²) in [6, 6.07) is 12.6. The summed E-state index contributed by atoms with van der Waals surface area (Å²) in [7, 11) is 1.60. The molecule has 1 aromatic heterocycles. The number of carbonyl (C=O) groups excluding carboxylic acids is 1. The van der Waals surface area contributed by atoms with Crippen LogP contribution in [0.25, 0.3) is 0 Å². The second kappa shape index (κ2) is 9.62. The van der Waals surface area contributed by atoms with E-state index in [2.05, 4.69) is 10.3 Å². The summed E-state index contributed by atoms with van der Waals surface area (Å²) in [6.45, 7) is 2.44. The van der Waals surface area contributed by atoms with Crippen molar-refractivity contribution in [3.05, 3.63) is 69.3 Å². The third-order valence-electron chi connectivity index (χ3n) is 4.01. The fourth-order valence-corrected chi connectivity index (χ4v) is 2.88. The summed E-state index contributed by atoms with van der Waals surface area (Å²) in [5.41, 5.74) is 1.73. The number of halogens is 2. The van der Waals surface area contributed by atoms with E-state index in [-0.39, 0.29) is 24.8 Å². The molecule has 0 saturated heterocycles. The molecule has 0 spiro atoms. The van der Waals surface area contributed by atoms with Crippen molar-refractivity contribution in [2.24, 2.45) is 0 Å². The highest BCUT2D eigenvalue weighted by Crippen LogP contribution is 2.25. The van der Waals surface area contributed by atoms with E-state index in [1.165, 1.54) is 4.68 Å². The molecule has 0 radical (unpaired) electrons. The van der Waals surface area contributed by atoms with Crippen LogP contribution in [0.4, 0.5) is 0 Å². The number of rotatable bonds is 8. The van der Waals surface area contributed by atoms with E-state index in [9.17, 15) is 4.79 Å². The maximum Gasteiger partial charge on any atom is 0.364 e. The van der Waals surface area contributed by atoms with Gasteiger partial charge >= 0.3 is 5.97 Å². The highest BCUT2D eigenvalue weighted by atomic mass is 35.5. The number of nitrogens with zero attached hydrogens (tertiary/aromatic N) is 3. The van der Waals surface area contributed by atoms with Gasteiger partial charge in [-0.15, -0.1) is 5.10 Å². The van der Waals surface area contributed by atoms with Crippen molar-refractivity contribution in [2.75, 3.05) is 13.7 Å². The average Bonchev–Trinajstić information content (AvgIpc) is 3.12. The lowest BCUT2D eigenvalue weighted by molar-refractivity contribution is 0.0513. The van der Waals surface area contributed by atoms with Gasteiger partial charge in [0, 0.05) is 0 Å². The summed E-state index contributed by atoms with van der Waals surface area (Å²) in [4.78, 5) is 12.3. The van der Waals surface area contributed by atoms with E-state index < -0.39 is 5.97 Å². The monoisotopic (exact) mass is 435 g/mol. The van der Waals surface area contributed by atoms with Crippen LogP contribution in [0.15, 0.2) is 42.5 Å². The smallest absolute Gasteiger partial charge is 0.364 e. The molecule has 3 rings (SSSR count). The number of aromatic nitrogens is 3. The number of benzene rings is 2. The molecule has 0 unspecified atom stereocenters. The molecule has 0 saturated carbocycles. The quantitative estimate of drug-likeness (QED) is 0.488. The third kappa shape index (κ3) is 5.19. The maximum absolute atomic E-state index is 12.3. The third-order valence-corrected chi connectivity index (χ3v) is 4.75. The zero-order chi connectivity index (χ0) is 20.8. The topological polar surface area (TPSA) is 75.5 Å². The van der Waals surface area contributed by atoms with Crippen molar-refractivity contribution in [2.45, 2.75) is 20.1 Å². The number of hydrogen-bond acceptors (Lipinski definition) is 6. The van der Waals surface area contributed by atoms with Crippen molar-refractivity contribution in [3.8, 4) is 11.6 Å². The Hall–Kier alpha value is -2.77. The Bertz CT molecular complexity index is 990. The molecule has 0 N–H and O–H groups in total. The van der Waals surface area contributed by atoms with Gasteiger partial charge in [0.1, 0.15) is 12.4 Å². The Kier molecular flexibility index (Phi) is 6.95. The highest BCUT2D eigenvalue weighted by molar-refractivity contribution is 6.42. The van der Waals surface area contributed by atoms with Crippen LogP contribution in [0, 0.1) is 0 Å². The first kappa shape index (κ1) is 21.0. The molecule has 0 aliphatic rings. The van der Waals surface area contributed by atoms with Gasteiger partial charge < -0.3 is 14.2 Å². The van der Waals surface area contributed by atoms with Gasteiger partial charge in [-0.3, -0.25) is 0 Å². The number of esters is 1. The molecule has 7 nitrogen and oxygen atoms in total. The van der Waals surface area contributed by atoms with E-state index in [4.69, 9.17) is 37.4 Å². The maximum atomic E-state index is 12.3. The van der Waals surface area contributed by atoms with Crippen LogP contribution < -0.4 is 9.47 Å². The Morgan fingerprint density at radius 3 is 2.45 bits per heavy atom. The average molecular weight is 436 g/mol. The lowest BCUT2D eigenvalue weighted by atomic mass is 10.2. The summed E-state index contributed by atoms with van der Waals surface area (Å²) in [5.74, 6) is 0.360. The van der Waals surface area contributed by atoms with Crippen LogP contribution in [-0.4, -0.2) is 34.7 Å². The molecule has 2 aromatic carbocycles. The first-order valence-electron chi connectivity index (χ1n) is 8.82. The summed E-state index contributed by atoms with van der Waals surface area (Å²) in [6.07, 6.45) is 0. The molecule has 0 fully saturated rings. The molecule has 152 valence electrons. The second-order valence-corrected chi connectivity index (χ2v) is 6.82. The zero-order valence-electron chi connectivity index (χ0n) is 15.9. The first-order valence-corrected chi connectivity index (χ1v) is 9.57. The van der Waals surface area contributed by atoms with Crippen molar-refractivity contribution in [3.63, 3.8) is 0 Å². The molecule has 29 heavy (non-hydrogen) atoms. The first-order chi connectivity index (χ1) is 14.0. The van der Waals surface area contributed by atoms with E-state index >= 15 is 0 Å².